The van der Waals surface area contributed by atoms with Crippen LogP contribution in [-0.2, 0) is 14.8 Å². The second-order valence-electron chi connectivity index (χ2n) is 7.11. The van der Waals surface area contributed by atoms with Gasteiger partial charge in [-0.3, -0.25) is 4.79 Å². The third-order valence-electron chi connectivity index (χ3n) is 5.09. The van der Waals surface area contributed by atoms with Crippen molar-refractivity contribution in [3.05, 3.63) is 84.4 Å². The van der Waals surface area contributed by atoms with Gasteiger partial charge in [0.05, 0.1) is 25.2 Å². The number of hydrogen-bond donors (Lipinski definition) is 1. The fraction of sp³-hybridized carbons (Fsp3) is 0.208. The number of carbonyl (C=O) groups excluding carboxylic acids is 1. The molecule has 1 N–H and O–H groups in total. The molecule has 3 rings (SSSR count). The van der Waals surface area contributed by atoms with Crippen LogP contribution in [0.25, 0.3) is 0 Å². The first kappa shape index (κ1) is 23.3. The van der Waals surface area contributed by atoms with E-state index in [9.17, 15) is 13.2 Å². The van der Waals surface area contributed by atoms with Crippen LogP contribution in [0.4, 0.5) is 5.69 Å². The monoisotopic (exact) mass is 454 g/mol. The van der Waals surface area contributed by atoms with Gasteiger partial charge < -0.3 is 14.8 Å². The summed E-state index contributed by atoms with van der Waals surface area (Å²) in [5.74, 6) is 0.925. The average molecular weight is 455 g/mol. The predicted molar refractivity (Wildman–Crippen MR) is 123 cm³/mol. The van der Waals surface area contributed by atoms with E-state index in [-0.39, 0.29) is 17.2 Å². The number of carbonyl (C=O) groups is 1. The Bertz CT molecular complexity index is 1150. The lowest BCUT2D eigenvalue weighted by Crippen LogP contribution is -2.33. The van der Waals surface area contributed by atoms with Gasteiger partial charge in [0, 0.05) is 25.2 Å². The van der Waals surface area contributed by atoms with Crippen LogP contribution < -0.4 is 14.8 Å². The minimum Gasteiger partial charge on any atom is -0.497 e. The van der Waals surface area contributed by atoms with Crippen molar-refractivity contribution in [3.8, 4) is 11.5 Å². The third-order valence-corrected chi connectivity index (χ3v) is 6.97. The smallest absolute Gasteiger partial charge is 0.243 e. The lowest BCUT2D eigenvalue weighted by Gasteiger charge is -2.28. The Hall–Kier alpha value is -3.36. The first-order chi connectivity index (χ1) is 15.3. The number of rotatable bonds is 9. The standard InChI is InChI=1S/C24H26N2O5S/c1-26(32(28,29)22-10-5-4-6-11-22)23(18-12-14-20(30-2)15-13-18)17-24(27)25-19-8-7-9-21(16-19)31-3/h4-16,23H,17H2,1-3H3,(H,25,27)/t23-/m1/s1. The second-order valence-corrected chi connectivity index (χ2v) is 9.11. The topological polar surface area (TPSA) is 84.9 Å². The lowest BCUT2D eigenvalue weighted by atomic mass is 10.0. The first-order valence-corrected chi connectivity index (χ1v) is 11.4. The lowest BCUT2D eigenvalue weighted by molar-refractivity contribution is -0.117. The van der Waals surface area contributed by atoms with Crippen molar-refractivity contribution in [1.29, 1.82) is 0 Å². The molecule has 0 radical (unpaired) electrons. The molecule has 0 aliphatic heterocycles. The molecular formula is C24H26N2O5S. The number of benzene rings is 3. The van der Waals surface area contributed by atoms with E-state index in [0.717, 1.165) is 0 Å². The van der Waals surface area contributed by atoms with Crippen molar-refractivity contribution in [2.75, 3.05) is 26.6 Å². The molecule has 0 bridgehead atoms. The summed E-state index contributed by atoms with van der Waals surface area (Å²) in [5.41, 5.74) is 1.24. The van der Waals surface area contributed by atoms with Gasteiger partial charge in [-0.25, -0.2) is 8.42 Å². The number of sulfonamides is 1. The van der Waals surface area contributed by atoms with E-state index in [0.29, 0.717) is 22.7 Å². The largest absolute Gasteiger partial charge is 0.497 e. The molecule has 32 heavy (non-hydrogen) atoms. The van der Waals surface area contributed by atoms with Gasteiger partial charge >= 0.3 is 0 Å². The number of amides is 1. The Labute approximate surface area is 188 Å². The summed E-state index contributed by atoms with van der Waals surface area (Å²) < 4.78 is 38.1. The summed E-state index contributed by atoms with van der Waals surface area (Å²) in [6.45, 7) is 0. The SMILES string of the molecule is COc1ccc([C@@H](CC(=O)Nc2cccc(OC)c2)N(C)S(=O)(=O)c2ccccc2)cc1. The van der Waals surface area contributed by atoms with Crippen molar-refractivity contribution in [3.63, 3.8) is 0 Å². The number of nitrogens with zero attached hydrogens (tertiary/aromatic N) is 1. The molecule has 0 aromatic heterocycles. The van der Waals surface area contributed by atoms with Gasteiger partial charge in [-0.1, -0.05) is 36.4 Å². The fourth-order valence-electron chi connectivity index (χ4n) is 3.30. The molecule has 0 spiro atoms. The Kier molecular flexibility index (Phi) is 7.50. The second kappa shape index (κ2) is 10.3. The molecule has 1 amide bonds. The molecule has 3 aromatic rings. The van der Waals surface area contributed by atoms with Crippen molar-refractivity contribution < 1.29 is 22.7 Å². The van der Waals surface area contributed by atoms with Gasteiger partial charge in [-0.15, -0.1) is 0 Å². The molecule has 168 valence electrons. The minimum atomic E-state index is -3.83. The zero-order valence-corrected chi connectivity index (χ0v) is 19.0. The highest BCUT2D eigenvalue weighted by Crippen LogP contribution is 2.30. The number of anilines is 1. The highest BCUT2D eigenvalue weighted by atomic mass is 32.2. The molecule has 0 unspecified atom stereocenters. The highest BCUT2D eigenvalue weighted by Gasteiger charge is 2.31. The number of ether oxygens (including phenoxy) is 2. The molecule has 0 heterocycles. The molecule has 0 aliphatic carbocycles. The molecule has 7 nitrogen and oxygen atoms in total. The number of nitrogens with one attached hydrogen (secondary N) is 1. The molecule has 0 saturated carbocycles. The fourth-order valence-corrected chi connectivity index (χ4v) is 4.66. The molecule has 0 fully saturated rings. The van der Waals surface area contributed by atoms with Crippen LogP contribution in [0.3, 0.4) is 0 Å². The molecule has 8 heteroatoms. The maximum Gasteiger partial charge on any atom is 0.243 e. The van der Waals surface area contributed by atoms with Gasteiger partial charge in [0.25, 0.3) is 0 Å². The van der Waals surface area contributed by atoms with Crippen LogP contribution in [-0.4, -0.2) is 39.9 Å². The summed E-state index contributed by atoms with van der Waals surface area (Å²) in [7, 11) is 0.754. The zero-order valence-electron chi connectivity index (χ0n) is 18.2. The molecular weight excluding hydrogens is 428 g/mol. The Morgan fingerprint density at radius 1 is 0.906 bits per heavy atom. The van der Waals surface area contributed by atoms with Crippen LogP contribution in [0.1, 0.15) is 18.0 Å². The van der Waals surface area contributed by atoms with E-state index in [1.54, 1.807) is 80.9 Å². The summed E-state index contributed by atoms with van der Waals surface area (Å²) in [6, 6.07) is 21.4. The van der Waals surface area contributed by atoms with E-state index in [1.807, 2.05) is 0 Å². The van der Waals surface area contributed by atoms with Gasteiger partial charge in [-0.05, 0) is 42.0 Å². The van der Waals surface area contributed by atoms with Crippen LogP contribution in [0.5, 0.6) is 11.5 Å². The van der Waals surface area contributed by atoms with Gasteiger partial charge in [0.2, 0.25) is 15.9 Å². The van der Waals surface area contributed by atoms with Crippen LogP contribution in [0.2, 0.25) is 0 Å². The quantitative estimate of drug-likeness (QED) is 0.526. The summed E-state index contributed by atoms with van der Waals surface area (Å²) in [4.78, 5) is 13.1. The number of methoxy groups -OCH3 is 2. The first-order valence-electron chi connectivity index (χ1n) is 9.96. The van der Waals surface area contributed by atoms with E-state index >= 15 is 0 Å². The predicted octanol–water partition coefficient (Wildman–Crippen LogP) is 4.09. The normalized spacial score (nSPS) is 12.2. The van der Waals surface area contributed by atoms with Gasteiger partial charge in [0.1, 0.15) is 11.5 Å². The van der Waals surface area contributed by atoms with E-state index in [2.05, 4.69) is 5.32 Å². The van der Waals surface area contributed by atoms with Crippen LogP contribution in [0, 0.1) is 0 Å². The van der Waals surface area contributed by atoms with Crippen molar-refractivity contribution in [2.24, 2.45) is 0 Å². The molecule has 0 aliphatic rings. The summed E-state index contributed by atoms with van der Waals surface area (Å²) in [5, 5.41) is 2.82. The Morgan fingerprint density at radius 2 is 1.56 bits per heavy atom. The minimum absolute atomic E-state index is 0.0773. The Balaban J connectivity index is 1.90. The van der Waals surface area contributed by atoms with Crippen molar-refractivity contribution >= 4 is 21.6 Å². The Morgan fingerprint density at radius 3 is 2.19 bits per heavy atom. The van der Waals surface area contributed by atoms with E-state index < -0.39 is 16.1 Å². The average Bonchev–Trinajstić information content (AvgIpc) is 2.83. The summed E-state index contributed by atoms with van der Waals surface area (Å²) >= 11 is 0. The van der Waals surface area contributed by atoms with Gasteiger partial charge in [0.15, 0.2) is 0 Å². The van der Waals surface area contributed by atoms with Crippen LogP contribution in [0.15, 0.2) is 83.8 Å². The van der Waals surface area contributed by atoms with Crippen molar-refractivity contribution in [2.45, 2.75) is 17.4 Å². The maximum atomic E-state index is 13.2. The van der Waals surface area contributed by atoms with Crippen molar-refractivity contribution in [1.82, 2.24) is 4.31 Å². The highest BCUT2D eigenvalue weighted by molar-refractivity contribution is 7.89. The van der Waals surface area contributed by atoms with E-state index in [1.165, 1.54) is 23.5 Å². The molecule has 3 aromatic carbocycles. The van der Waals surface area contributed by atoms with E-state index in [4.69, 9.17) is 9.47 Å². The zero-order chi connectivity index (χ0) is 23.1. The molecule has 1 atom stereocenters. The molecule has 0 saturated heterocycles. The maximum absolute atomic E-state index is 13.2. The summed E-state index contributed by atoms with van der Waals surface area (Å²) in [6.07, 6.45) is -0.0773. The van der Waals surface area contributed by atoms with Gasteiger partial charge in [-0.2, -0.15) is 4.31 Å². The van der Waals surface area contributed by atoms with Crippen LogP contribution >= 0.6 is 0 Å². The number of hydrogen-bond acceptors (Lipinski definition) is 5. The third kappa shape index (κ3) is 5.46.